The van der Waals surface area contributed by atoms with Crippen molar-refractivity contribution in [1.29, 1.82) is 0 Å². The Hall–Kier alpha value is -0.870. The lowest BCUT2D eigenvalue weighted by Gasteiger charge is -2.24. The molecule has 3 nitrogen and oxygen atoms in total. The van der Waals surface area contributed by atoms with Gasteiger partial charge in [-0.2, -0.15) is 0 Å². The first kappa shape index (κ1) is 15.2. The van der Waals surface area contributed by atoms with E-state index >= 15 is 0 Å². The van der Waals surface area contributed by atoms with Gasteiger partial charge in [0.05, 0.1) is 12.6 Å². The van der Waals surface area contributed by atoms with Gasteiger partial charge in [-0.15, -0.1) is 0 Å². The normalized spacial score (nSPS) is 11.4. The van der Waals surface area contributed by atoms with Crippen LogP contribution in [0.3, 0.4) is 0 Å². The molecule has 1 N–H and O–H groups in total. The van der Waals surface area contributed by atoms with Crippen molar-refractivity contribution in [2.45, 2.75) is 32.7 Å². The third kappa shape index (κ3) is 3.82. The predicted molar refractivity (Wildman–Crippen MR) is 77.2 cm³/mol. The number of benzene rings is 1. The van der Waals surface area contributed by atoms with Crippen molar-refractivity contribution in [2.24, 2.45) is 0 Å². The third-order valence-corrected chi connectivity index (χ3v) is 3.40. The third-order valence-electron chi connectivity index (χ3n) is 2.91. The van der Waals surface area contributed by atoms with Crippen LogP contribution >= 0.6 is 15.9 Å². The Labute approximate surface area is 117 Å². The number of hydrogen-bond donors (Lipinski definition) is 1. The minimum absolute atomic E-state index is 0.153. The summed E-state index contributed by atoms with van der Waals surface area (Å²) in [6, 6.07) is 5.70. The largest absolute Gasteiger partial charge is 0.496 e. The van der Waals surface area contributed by atoms with Gasteiger partial charge in [-0.1, -0.05) is 22.9 Å². The van der Waals surface area contributed by atoms with E-state index in [0.29, 0.717) is 6.42 Å². The molecule has 18 heavy (non-hydrogen) atoms. The van der Waals surface area contributed by atoms with Gasteiger partial charge in [0.2, 0.25) is 0 Å². The van der Waals surface area contributed by atoms with Crippen molar-refractivity contribution < 1.29 is 9.53 Å². The molecule has 0 aromatic heterocycles. The van der Waals surface area contributed by atoms with Crippen LogP contribution in [0.2, 0.25) is 0 Å². The highest BCUT2D eigenvalue weighted by Crippen LogP contribution is 2.24. The van der Waals surface area contributed by atoms with Gasteiger partial charge in [0.1, 0.15) is 5.75 Å². The number of hydrogen-bond acceptors (Lipinski definition) is 3. The highest BCUT2D eigenvalue weighted by molar-refractivity contribution is 9.10. The average molecular weight is 314 g/mol. The summed E-state index contributed by atoms with van der Waals surface area (Å²) in [6.07, 6.45) is 0.364. The minimum atomic E-state index is -0.512. The zero-order valence-electron chi connectivity index (χ0n) is 11.3. The molecule has 0 aliphatic carbocycles. The molecule has 1 aromatic rings. The van der Waals surface area contributed by atoms with Crippen LogP contribution in [0.1, 0.15) is 26.3 Å². The van der Waals surface area contributed by atoms with Gasteiger partial charge < -0.3 is 10.1 Å². The first-order chi connectivity index (χ1) is 8.40. The molecule has 0 amide bonds. The molecule has 1 aromatic carbocycles. The molecule has 0 saturated heterocycles. The average Bonchev–Trinajstić information content (AvgIpc) is 2.29. The highest BCUT2D eigenvalue weighted by Gasteiger charge is 2.26. The van der Waals surface area contributed by atoms with Gasteiger partial charge >= 0.3 is 0 Å². The number of carbonyl (C=O) groups is 1. The van der Waals surface area contributed by atoms with E-state index in [1.54, 1.807) is 7.11 Å². The van der Waals surface area contributed by atoms with Crippen molar-refractivity contribution in [2.75, 3.05) is 13.7 Å². The number of carbonyl (C=O) groups excluding carboxylic acids is 1. The summed E-state index contributed by atoms with van der Waals surface area (Å²) in [7, 11) is 1.62. The summed E-state index contributed by atoms with van der Waals surface area (Å²) in [4.78, 5) is 12.3. The number of nitrogens with one attached hydrogen (secondary N) is 1. The number of likely N-dealkylation sites (N-methyl/N-ethyl adjacent to an activating group) is 1. The van der Waals surface area contributed by atoms with Crippen LogP contribution < -0.4 is 10.1 Å². The maximum absolute atomic E-state index is 12.3. The Morgan fingerprint density at radius 2 is 2.11 bits per heavy atom. The Bertz CT molecular complexity index is 430. The highest BCUT2D eigenvalue weighted by atomic mass is 79.9. The van der Waals surface area contributed by atoms with E-state index in [0.717, 1.165) is 22.3 Å². The number of methoxy groups -OCH3 is 1. The van der Waals surface area contributed by atoms with Crippen LogP contribution in [0.4, 0.5) is 0 Å². The maximum atomic E-state index is 12.3. The molecule has 100 valence electrons. The molecule has 4 heteroatoms. The molecule has 0 fully saturated rings. The van der Waals surface area contributed by atoms with Crippen LogP contribution in [-0.2, 0) is 11.2 Å². The second kappa shape index (κ2) is 6.34. The molecular formula is C14H20BrNO2. The molecular weight excluding hydrogens is 294 g/mol. The first-order valence-electron chi connectivity index (χ1n) is 6.01. The summed E-state index contributed by atoms with van der Waals surface area (Å²) >= 11 is 3.41. The summed E-state index contributed by atoms with van der Waals surface area (Å²) in [5, 5.41) is 3.19. The Morgan fingerprint density at radius 1 is 1.44 bits per heavy atom. The maximum Gasteiger partial charge on any atom is 0.156 e. The molecule has 0 spiro atoms. The predicted octanol–water partition coefficient (Wildman–Crippen LogP) is 2.96. The Balaban J connectivity index is 2.90. The van der Waals surface area contributed by atoms with Crippen LogP contribution in [0.5, 0.6) is 5.75 Å². The minimum Gasteiger partial charge on any atom is -0.496 e. The number of ether oxygens (including phenoxy) is 1. The number of halogens is 1. The molecule has 0 aliphatic rings. The van der Waals surface area contributed by atoms with E-state index in [9.17, 15) is 4.79 Å². The quantitative estimate of drug-likeness (QED) is 0.877. The topological polar surface area (TPSA) is 38.3 Å². The van der Waals surface area contributed by atoms with Crippen molar-refractivity contribution in [3.63, 3.8) is 0 Å². The van der Waals surface area contributed by atoms with Gasteiger partial charge in [0.15, 0.2) is 5.78 Å². The first-order valence-corrected chi connectivity index (χ1v) is 6.80. The molecule has 1 rings (SSSR count). The fourth-order valence-electron chi connectivity index (χ4n) is 1.82. The molecule has 0 radical (unpaired) electrons. The Kier molecular flexibility index (Phi) is 5.35. The van der Waals surface area contributed by atoms with E-state index in [1.807, 2.05) is 39.0 Å². The van der Waals surface area contributed by atoms with Crippen molar-refractivity contribution >= 4 is 21.7 Å². The lowest BCUT2D eigenvalue weighted by atomic mass is 9.93. The van der Waals surface area contributed by atoms with Crippen LogP contribution in [0.15, 0.2) is 22.7 Å². The summed E-state index contributed by atoms with van der Waals surface area (Å²) in [5.41, 5.74) is 0.394. The van der Waals surface area contributed by atoms with Gasteiger partial charge in [0, 0.05) is 16.5 Å². The molecule has 0 saturated carbocycles. The number of rotatable bonds is 6. The number of ketones is 1. The lowest BCUT2D eigenvalue weighted by Crippen LogP contribution is -2.47. The fraction of sp³-hybridized carbons (Fsp3) is 0.500. The monoisotopic (exact) mass is 313 g/mol. The molecule has 0 bridgehead atoms. The standard InChI is InChI=1S/C14H20BrNO2/c1-5-16-14(2,3)13(17)9-10-8-11(15)6-7-12(10)18-4/h6-8,16H,5,9H2,1-4H3. The van der Waals surface area contributed by atoms with Crippen LogP contribution in [-0.4, -0.2) is 25.0 Å². The van der Waals surface area contributed by atoms with E-state index in [4.69, 9.17) is 4.74 Å². The van der Waals surface area contributed by atoms with Crippen LogP contribution in [0, 0.1) is 0 Å². The second-order valence-corrected chi connectivity index (χ2v) is 5.63. The SMILES string of the molecule is CCNC(C)(C)C(=O)Cc1cc(Br)ccc1OC. The summed E-state index contributed by atoms with van der Waals surface area (Å²) in [6.45, 7) is 6.58. The van der Waals surface area contributed by atoms with Gasteiger partial charge in [-0.25, -0.2) is 0 Å². The van der Waals surface area contributed by atoms with Gasteiger partial charge in [-0.05, 0) is 38.6 Å². The number of Topliss-reactive ketones (excluding diaryl/α,β-unsaturated/α-hetero) is 1. The lowest BCUT2D eigenvalue weighted by molar-refractivity contribution is -0.123. The van der Waals surface area contributed by atoms with Gasteiger partial charge in [-0.3, -0.25) is 4.79 Å². The van der Waals surface area contributed by atoms with E-state index < -0.39 is 5.54 Å². The zero-order valence-corrected chi connectivity index (χ0v) is 12.9. The van der Waals surface area contributed by atoms with Gasteiger partial charge in [0.25, 0.3) is 0 Å². The molecule has 0 unspecified atom stereocenters. The van der Waals surface area contributed by atoms with E-state index in [1.165, 1.54) is 0 Å². The van der Waals surface area contributed by atoms with Crippen LogP contribution in [0.25, 0.3) is 0 Å². The molecule has 0 heterocycles. The summed E-state index contributed by atoms with van der Waals surface area (Å²) in [5.74, 6) is 0.902. The van der Waals surface area contributed by atoms with Crippen molar-refractivity contribution in [3.8, 4) is 5.75 Å². The van der Waals surface area contributed by atoms with E-state index in [-0.39, 0.29) is 5.78 Å². The second-order valence-electron chi connectivity index (χ2n) is 4.71. The molecule has 0 aliphatic heterocycles. The van der Waals surface area contributed by atoms with Crippen molar-refractivity contribution in [3.05, 3.63) is 28.2 Å². The summed E-state index contributed by atoms with van der Waals surface area (Å²) < 4.78 is 6.23. The van der Waals surface area contributed by atoms with E-state index in [2.05, 4.69) is 21.2 Å². The Morgan fingerprint density at radius 3 is 2.67 bits per heavy atom. The smallest absolute Gasteiger partial charge is 0.156 e. The van der Waals surface area contributed by atoms with Crippen molar-refractivity contribution in [1.82, 2.24) is 5.32 Å². The fourth-order valence-corrected chi connectivity index (χ4v) is 2.23. The molecule has 0 atom stereocenters. The zero-order chi connectivity index (χ0) is 13.8.